The van der Waals surface area contributed by atoms with Gasteiger partial charge in [-0.1, -0.05) is 30.3 Å². The topological polar surface area (TPSA) is 71.9 Å². The van der Waals surface area contributed by atoms with Gasteiger partial charge in [-0.05, 0) is 99.6 Å². The van der Waals surface area contributed by atoms with Crippen molar-refractivity contribution < 1.29 is 23.8 Å². The van der Waals surface area contributed by atoms with E-state index in [0.29, 0.717) is 47.6 Å². The van der Waals surface area contributed by atoms with Gasteiger partial charge in [-0.3, -0.25) is 9.88 Å². The predicted octanol–water partition coefficient (Wildman–Crippen LogP) is 6.93. The highest BCUT2D eigenvalue weighted by molar-refractivity contribution is 5.84. The van der Waals surface area contributed by atoms with E-state index in [2.05, 4.69) is 35.2 Å². The molecule has 7 heteroatoms. The minimum absolute atomic E-state index is 0.326. The molecule has 1 aliphatic carbocycles. The molecule has 6 rings (SSSR count). The molecule has 6 nitrogen and oxygen atoms in total. The lowest BCUT2D eigenvalue weighted by molar-refractivity contribution is -0.160. The average molecular weight is 573 g/mol. The molecule has 1 N–H and O–H groups in total. The Bertz CT molecular complexity index is 1510. The summed E-state index contributed by atoms with van der Waals surface area (Å²) in [5.41, 5.74) is 7.05. The van der Waals surface area contributed by atoms with E-state index in [1.165, 1.54) is 12.0 Å². The Labute approximate surface area is 247 Å². The molecule has 3 atom stereocenters. The summed E-state index contributed by atoms with van der Waals surface area (Å²) < 4.78 is 27.6. The molecule has 2 unspecified atom stereocenters. The van der Waals surface area contributed by atoms with Crippen LogP contribution in [0.1, 0.15) is 84.8 Å². The summed E-state index contributed by atoms with van der Waals surface area (Å²) in [6, 6.07) is 12.2. The van der Waals surface area contributed by atoms with Crippen LogP contribution in [0.2, 0.25) is 0 Å². The molecule has 222 valence electrons. The lowest BCUT2D eigenvalue weighted by atomic mass is 9.83. The number of fused-ring (bicyclic) bond motifs is 2. The lowest BCUT2D eigenvalue weighted by Gasteiger charge is -2.34. The summed E-state index contributed by atoms with van der Waals surface area (Å²) in [7, 11) is 0. The smallest absolute Gasteiger partial charge is 0.337 e. The van der Waals surface area contributed by atoms with Gasteiger partial charge in [-0.25, -0.2) is 9.18 Å². The van der Waals surface area contributed by atoms with E-state index in [0.717, 1.165) is 60.3 Å². The lowest BCUT2D eigenvalue weighted by Crippen LogP contribution is -2.35. The number of aryl methyl sites for hydroxylation is 1. The molecule has 1 saturated carbocycles. The van der Waals surface area contributed by atoms with E-state index in [1.54, 1.807) is 6.07 Å². The quantitative estimate of drug-likeness (QED) is 0.331. The number of aliphatic carboxylic acids is 1. The molecule has 42 heavy (non-hydrogen) atoms. The Morgan fingerprint density at radius 2 is 1.95 bits per heavy atom. The number of ether oxygens (including phenoxy) is 2. The Hall–Kier alpha value is -3.29. The van der Waals surface area contributed by atoms with Crippen molar-refractivity contribution >= 4 is 5.97 Å². The van der Waals surface area contributed by atoms with E-state index in [-0.39, 0.29) is 0 Å². The van der Waals surface area contributed by atoms with Gasteiger partial charge < -0.3 is 14.6 Å². The molecule has 0 amide bonds. The summed E-state index contributed by atoms with van der Waals surface area (Å²) in [5.74, 6) is 0.0108. The highest BCUT2D eigenvalue weighted by Crippen LogP contribution is 2.49. The van der Waals surface area contributed by atoms with Crippen molar-refractivity contribution in [1.29, 1.82) is 0 Å². The largest absolute Gasteiger partial charge is 0.490 e. The van der Waals surface area contributed by atoms with Crippen molar-refractivity contribution in [1.82, 2.24) is 9.88 Å². The van der Waals surface area contributed by atoms with Crippen molar-refractivity contribution in [3.05, 3.63) is 81.4 Å². The monoisotopic (exact) mass is 572 g/mol. The first-order valence-corrected chi connectivity index (χ1v) is 15.2. The fourth-order valence-corrected chi connectivity index (χ4v) is 6.94. The number of rotatable bonds is 7. The fourth-order valence-electron chi connectivity index (χ4n) is 6.94. The first-order chi connectivity index (χ1) is 20.0. The van der Waals surface area contributed by atoms with Gasteiger partial charge in [0.05, 0.1) is 12.2 Å². The molecular weight excluding hydrogens is 531 g/mol. The molecule has 2 aromatic carbocycles. The minimum atomic E-state index is -1.24. The van der Waals surface area contributed by atoms with Gasteiger partial charge in [0.15, 0.2) is 17.7 Å². The number of halogens is 1. The second-order valence-electron chi connectivity index (χ2n) is 13.1. The Balaban J connectivity index is 1.46. The maximum atomic E-state index is 15.7. The molecule has 1 fully saturated rings. The molecule has 0 radical (unpaired) electrons. The number of carboxylic acid groups (broad SMARTS) is 1. The molecule has 1 aromatic heterocycles. The summed E-state index contributed by atoms with van der Waals surface area (Å²) in [4.78, 5) is 20.2. The van der Waals surface area contributed by atoms with E-state index in [4.69, 9.17) is 14.5 Å². The van der Waals surface area contributed by atoms with Crippen LogP contribution in [0.25, 0.3) is 11.1 Å². The van der Waals surface area contributed by atoms with Crippen molar-refractivity contribution in [2.45, 2.75) is 84.5 Å². The van der Waals surface area contributed by atoms with E-state index in [9.17, 15) is 9.90 Å². The number of aromatic nitrogens is 1. The SMILES string of the molecule is Cc1nc2c(c(-c3cc(F)c4c(c3C)CCCO4)c1[C@H](OC(C)(C)C)C(=O)O)CN(CC1CC1c1ccccc1)CC2. The molecule has 0 bridgehead atoms. The van der Waals surface area contributed by atoms with Crippen LogP contribution in [-0.2, 0) is 28.9 Å². The van der Waals surface area contributed by atoms with Crippen molar-refractivity contribution in [3.63, 3.8) is 0 Å². The second kappa shape index (κ2) is 11.1. The van der Waals surface area contributed by atoms with Gasteiger partial charge in [0.25, 0.3) is 0 Å². The fraction of sp³-hybridized carbons (Fsp3) is 0.486. The van der Waals surface area contributed by atoms with Crippen molar-refractivity contribution in [3.8, 4) is 16.9 Å². The highest BCUT2D eigenvalue weighted by atomic mass is 19.1. The maximum Gasteiger partial charge on any atom is 0.337 e. The summed E-state index contributed by atoms with van der Waals surface area (Å²) >= 11 is 0. The predicted molar refractivity (Wildman–Crippen MR) is 160 cm³/mol. The summed E-state index contributed by atoms with van der Waals surface area (Å²) in [6.45, 7) is 12.4. The zero-order valence-electron chi connectivity index (χ0n) is 25.3. The van der Waals surface area contributed by atoms with Crippen LogP contribution in [-0.4, -0.2) is 46.3 Å². The molecule has 0 spiro atoms. The number of benzene rings is 2. The number of pyridine rings is 1. The summed E-state index contributed by atoms with van der Waals surface area (Å²) in [6.07, 6.45) is 2.24. The van der Waals surface area contributed by atoms with Crippen molar-refractivity contribution in [2.75, 3.05) is 19.7 Å². The molecule has 3 aromatic rings. The van der Waals surface area contributed by atoms with Crippen LogP contribution in [0.15, 0.2) is 36.4 Å². The van der Waals surface area contributed by atoms with Crippen LogP contribution in [0.3, 0.4) is 0 Å². The third-order valence-corrected chi connectivity index (χ3v) is 8.96. The van der Waals surface area contributed by atoms with Crippen molar-refractivity contribution in [2.24, 2.45) is 5.92 Å². The molecule has 0 saturated heterocycles. The van der Waals surface area contributed by atoms with Gasteiger partial charge in [0, 0.05) is 48.6 Å². The first kappa shape index (κ1) is 28.8. The number of nitrogens with zero attached hydrogens (tertiary/aromatic N) is 2. The van der Waals surface area contributed by atoms with Crippen LogP contribution in [0.4, 0.5) is 4.39 Å². The third-order valence-electron chi connectivity index (χ3n) is 8.96. The van der Waals surface area contributed by atoms with Gasteiger partial charge in [-0.2, -0.15) is 0 Å². The minimum Gasteiger partial charge on any atom is -0.490 e. The first-order valence-electron chi connectivity index (χ1n) is 15.2. The normalized spacial score (nSPS) is 20.8. The Kier molecular flexibility index (Phi) is 7.60. The Morgan fingerprint density at radius 3 is 2.67 bits per heavy atom. The third kappa shape index (κ3) is 5.57. The zero-order chi connectivity index (χ0) is 29.8. The highest BCUT2D eigenvalue weighted by Gasteiger charge is 2.41. The number of carbonyl (C=O) groups is 1. The van der Waals surface area contributed by atoms with Gasteiger partial charge in [0.2, 0.25) is 0 Å². The number of carboxylic acids is 1. The molecular formula is C35H41FN2O4. The van der Waals surface area contributed by atoms with Gasteiger partial charge >= 0.3 is 5.97 Å². The van der Waals surface area contributed by atoms with Gasteiger partial charge in [0.1, 0.15) is 0 Å². The Morgan fingerprint density at radius 1 is 1.19 bits per heavy atom. The number of hydrogen-bond donors (Lipinski definition) is 1. The van der Waals surface area contributed by atoms with Crippen LogP contribution in [0.5, 0.6) is 5.75 Å². The summed E-state index contributed by atoms with van der Waals surface area (Å²) in [5, 5.41) is 10.5. The van der Waals surface area contributed by atoms with E-state index in [1.807, 2.05) is 34.6 Å². The molecule has 3 aliphatic rings. The zero-order valence-corrected chi connectivity index (χ0v) is 25.3. The standard InChI is InChI=1S/C35H41FN2O4/c1-20-24-12-9-15-41-32(24)28(36)17-25(20)31-27-19-38(18-23-16-26(23)22-10-7-6-8-11-22)14-13-29(27)37-21(2)30(31)33(34(39)40)42-35(3,4)5/h6-8,10-11,17,23,26,33H,9,12-16,18-19H2,1-5H3,(H,39,40)/t23?,26?,33-/m0/s1. The second-order valence-corrected chi connectivity index (χ2v) is 13.1. The molecule has 2 aliphatic heterocycles. The van der Waals surface area contributed by atoms with Crippen LogP contribution in [0, 0.1) is 25.6 Å². The van der Waals surface area contributed by atoms with Crippen LogP contribution >= 0.6 is 0 Å². The van der Waals surface area contributed by atoms with Gasteiger partial charge in [-0.15, -0.1) is 0 Å². The molecule has 3 heterocycles. The van der Waals surface area contributed by atoms with E-state index < -0.39 is 23.5 Å². The van der Waals surface area contributed by atoms with Crippen LogP contribution < -0.4 is 4.74 Å². The van der Waals surface area contributed by atoms with E-state index >= 15 is 4.39 Å². The number of hydrogen-bond acceptors (Lipinski definition) is 5. The maximum absolute atomic E-state index is 15.7. The average Bonchev–Trinajstić information content (AvgIpc) is 3.72.